The molecule has 122 valence electrons. The first-order valence-electron chi connectivity index (χ1n) is 6.60. The number of nitrogens with zero attached hydrogens (tertiary/aromatic N) is 1. The summed E-state index contributed by atoms with van der Waals surface area (Å²) in [6.07, 6.45) is 1.22. The molecule has 0 radical (unpaired) electrons. The van der Waals surface area contributed by atoms with E-state index in [0.29, 0.717) is 0 Å². The summed E-state index contributed by atoms with van der Waals surface area (Å²) in [5, 5.41) is 2.38. The number of rotatable bonds is 3. The molecule has 0 aliphatic rings. The van der Waals surface area contributed by atoms with Crippen LogP contribution in [0.15, 0.2) is 30.5 Å². The van der Waals surface area contributed by atoms with Gasteiger partial charge in [0, 0.05) is 5.02 Å². The van der Waals surface area contributed by atoms with E-state index in [-0.39, 0.29) is 27.0 Å². The molecule has 0 aliphatic heterocycles. The summed E-state index contributed by atoms with van der Waals surface area (Å²) >= 11 is 11.4. The monoisotopic (exact) mass is 357 g/mol. The molecule has 1 heterocycles. The van der Waals surface area contributed by atoms with E-state index < -0.39 is 17.6 Å². The molecular formula is C15H14Cl2FN3O2. The van der Waals surface area contributed by atoms with Crippen molar-refractivity contribution in [2.24, 2.45) is 5.73 Å². The van der Waals surface area contributed by atoms with E-state index in [2.05, 4.69) is 10.3 Å². The third-order valence-corrected chi connectivity index (χ3v) is 3.02. The Balaban J connectivity index is 0.00000127. The number of pyridine rings is 1. The maximum atomic E-state index is 13.7. The number of nitrogens with two attached hydrogens (primary N) is 1. The largest absolute Gasteiger partial charge is 0.364 e. The standard InChI is InChI=1S/C13H8Cl2FN3O2.C2H6/c14-6-3-8(15)11(9(16)4-6)13(21)19-7-1-2-10(12(17)20)18-5-7;1-2/h1-5H,(H2,17,20)(H,19,21);1-2H3. The van der Waals surface area contributed by atoms with E-state index in [0.717, 1.165) is 6.07 Å². The zero-order chi connectivity index (χ0) is 17.6. The molecule has 2 rings (SSSR count). The van der Waals surface area contributed by atoms with Crippen LogP contribution in [0.25, 0.3) is 0 Å². The molecule has 0 fully saturated rings. The molecule has 8 heteroatoms. The molecule has 0 unspecified atom stereocenters. The lowest BCUT2D eigenvalue weighted by Crippen LogP contribution is -2.16. The van der Waals surface area contributed by atoms with Gasteiger partial charge in [-0.05, 0) is 24.3 Å². The highest BCUT2D eigenvalue weighted by molar-refractivity contribution is 6.37. The van der Waals surface area contributed by atoms with Gasteiger partial charge in [-0.25, -0.2) is 9.37 Å². The lowest BCUT2D eigenvalue weighted by atomic mass is 10.2. The number of anilines is 1. The van der Waals surface area contributed by atoms with Gasteiger partial charge in [0.25, 0.3) is 11.8 Å². The number of aromatic nitrogens is 1. The average Bonchev–Trinajstić information content (AvgIpc) is 2.48. The Bertz CT molecular complexity index is 698. The van der Waals surface area contributed by atoms with Crippen molar-refractivity contribution in [3.63, 3.8) is 0 Å². The number of hydrogen-bond donors (Lipinski definition) is 2. The smallest absolute Gasteiger partial charge is 0.267 e. The summed E-state index contributed by atoms with van der Waals surface area (Å²) in [6, 6.07) is 4.98. The Morgan fingerprint density at radius 3 is 2.35 bits per heavy atom. The van der Waals surface area contributed by atoms with Crippen molar-refractivity contribution in [3.05, 3.63) is 57.6 Å². The molecule has 3 N–H and O–H groups in total. The summed E-state index contributed by atoms with van der Waals surface area (Å²) in [5.41, 5.74) is 5.01. The van der Waals surface area contributed by atoms with Crippen LogP contribution in [-0.4, -0.2) is 16.8 Å². The van der Waals surface area contributed by atoms with Gasteiger partial charge in [-0.2, -0.15) is 0 Å². The van der Waals surface area contributed by atoms with Gasteiger partial charge in [-0.1, -0.05) is 37.0 Å². The molecule has 0 aliphatic carbocycles. The minimum Gasteiger partial charge on any atom is -0.364 e. The molecule has 0 bridgehead atoms. The number of halogens is 3. The average molecular weight is 358 g/mol. The number of carbonyl (C=O) groups excluding carboxylic acids is 2. The molecule has 5 nitrogen and oxygen atoms in total. The van der Waals surface area contributed by atoms with Gasteiger partial charge >= 0.3 is 0 Å². The highest BCUT2D eigenvalue weighted by Crippen LogP contribution is 2.25. The van der Waals surface area contributed by atoms with Gasteiger partial charge < -0.3 is 11.1 Å². The van der Waals surface area contributed by atoms with Crippen molar-refractivity contribution < 1.29 is 14.0 Å². The maximum absolute atomic E-state index is 13.7. The molecule has 2 amide bonds. The van der Waals surface area contributed by atoms with E-state index in [4.69, 9.17) is 28.9 Å². The van der Waals surface area contributed by atoms with Crippen LogP contribution in [-0.2, 0) is 0 Å². The highest BCUT2D eigenvalue weighted by Gasteiger charge is 2.17. The normalized spacial score (nSPS) is 9.61. The fourth-order valence-corrected chi connectivity index (χ4v) is 2.12. The Morgan fingerprint density at radius 2 is 1.87 bits per heavy atom. The van der Waals surface area contributed by atoms with Crippen LogP contribution in [0.2, 0.25) is 10.0 Å². The van der Waals surface area contributed by atoms with Crippen LogP contribution >= 0.6 is 23.2 Å². The number of nitrogens with one attached hydrogen (secondary N) is 1. The lowest BCUT2D eigenvalue weighted by molar-refractivity contribution is 0.0994. The molecule has 0 atom stereocenters. The van der Waals surface area contributed by atoms with Gasteiger partial charge in [0.1, 0.15) is 11.5 Å². The van der Waals surface area contributed by atoms with E-state index in [1.807, 2.05) is 13.8 Å². The van der Waals surface area contributed by atoms with Crippen molar-refractivity contribution in [1.82, 2.24) is 4.98 Å². The number of hydrogen-bond acceptors (Lipinski definition) is 3. The van der Waals surface area contributed by atoms with E-state index in [9.17, 15) is 14.0 Å². The zero-order valence-corrected chi connectivity index (χ0v) is 13.9. The number of benzene rings is 1. The quantitative estimate of drug-likeness (QED) is 0.873. The molecule has 2 aromatic rings. The number of primary amides is 1. The predicted molar refractivity (Wildman–Crippen MR) is 88.5 cm³/mol. The summed E-state index contributed by atoms with van der Waals surface area (Å²) in [7, 11) is 0. The first-order valence-corrected chi connectivity index (χ1v) is 7.36. The predicted octanol–water partition coefficient (Wildman–Crippen LogP) is 3.90. The van der Waals surface area contributed by atoms with Gasteiger partial charge in [-0.3, -0.25) is 9.59 Å². The minimum atomic E-state index is -0.841. The van der Waals surface area contributed by atoms with Crippen LogP contribution in [0.1, 0.15) is 34.7 Å². The topological polar surface area (TPSA) is 85.1 Å². The fraction of sp³-hybridized carbons (Fsp3) is 0.133. The van der Waals surface area contributed by atoms with Gasteiger partial charge in [0.2, 0.25) is 0 Å². The third kappa shape index (κ3) is 4.91. The summed E-state index contributed by atoms with van der Waals surface area (Å²) < 4.78 is 13.7. The Labute approximate surface area is 142 Å². The molecule has 0 saturated heterocycles. The first kappa shape index (κ1) is 18.9. The molecule has 1 aromatic heterocycles. The second-order valence-corrected chi connectivity index (χ2v) is 4.84. The summed E-state index contributed by atoms with van der Waals surface area (Å²) in [6.45, 7) is 4.00. The molecule has 0 saturated carbocycles. The first-order chi connectivity index (χ1) is 10.9. The lowest BCUT2D eigenvalue weighted by Gasteiger charge is -2.08. The second-order valence-electron chi connectivity index (χ2n) is 3.99. The van der Waals surface area contributed by atoms with Crippen molar-refractivity contribution in [1.29, 1.82) is 0 Å². The fourth-order valence-electron chi connectivity index (χ4n) is 1.57. The van der Waals surface area contributed by atoms with Crippen molar-refractivity contribution >= 4 is 40.7 Å². The summed E-state index contributed by atoms with van der Waals surface area (Å²) in [4.78, 5) is 26.6. The van der Waals surface area contributed by atoms with Crippen LogP contribution in [0.4, 0.5) is 10.1 Å². The number of amides is 2. The molecule has 1 aromatic carbocycles. The maximum Gasteiger partial charge on any atom is 0.267 e. The van der Waals surface area contributed by atoms with Gasteiger partial charge in [-0.15, -0.1) is 0 Å². The van der Waals surface area contributed by atoms with Crippen LogP contribution < -0.4 is 11.1 Å². The van der Waals surface area contributed by atoms with Crippen molar-refractivity contribution in [2.75, 3.05) is 5.32 Å². The van der Waals surface area contributed by atoms with Gasteiger partial charge in [0.05, 0.1) is 22.5 Å². The SMILES string of the molecule is CC.NC(=O)c1ccc(NC(=O)c2c(F)cc(Cl)cc2Cl)cn1. The second kappa shape index (κ2) is 8.45. The minimum absolute atomic E-state index is 0.0451. The van der Waals surface area contributed by atoms with Crippen LogP contribution in [0.5, 0.6) is 0 Å². The van der Waals surface area contributed by atoms with E-state index >= 15 is 0 Å². The Hall–Kier alpha value is -2.18. The van der Waals surface area contributed by atoms with E-state index in [1.54, 1.807) is 0 Å². The van der Waals surface area contributed by atoms with Crippen molar-refractivity contribution in [2.45, 2.75) is 13.8 Å². The van der Waals surface area contributed by atoms with Crippen LogP contribution in [0, 0.1) is 5.82 Å². The number of carbonyl (C=O) groups is 2. The zero-order valence-electron chi connectivity index (χ0n) is 12.4. The van der Waals surface area contributed by atoms with Crippen LogP contribution in [0.3, 0.4) is 0 Å². The summed E-state index contributed by atoms with van der Waals surface area (Å²) in [5.74, 6) is -2.30. The molecular weight excluding hydrogens is 344 g/mol. The van der Waals surface area contributed by atoms with Crippen molar-refractivity contribution in [3.8, 4) is 0 Å². The molecule has 0 spiro atoms. The Kier molecular flexibility index (Phi) is 6.93. The Morgan fingerprint density at radius 1 is 1.22 bits per heavy atom. The van der Waals surface area contributed by atoms with E-state index in [1.165, 1.54) is 24.4 Å². The highest BCUT2D eigenvalue weighted by atomic mass is 35.5. The third-order valence-electron chi connectivity index (χ3n) is 2.51. The molecule has 23 heavy (non-hydrogen) atoms. The van der Waals surface area contributed by atoms with Gasteiger partial charge in [0.15, 0.2) is 0 Å².